The van der Waals surface area contributed by atoms with Gasteiger partial charge in [-0.15, -0.1) is 0 Å². The molecule has 1 saturated heterocycles. The normalized spacial score (nSPS) is 16.6. The highest BCUT2D eigenvalue weighted by Crippen LogP contribution is 1.96. The van der Waals surface area contributed by atoms with Gasteiger partial charge in [0.05, 0.1) is 6.42 Å². The van der Waals surface area contributed by atoms with Gasteiger partial charge in [-0.05, 0) is 0 Å². The maximum atomic E-state index is 11.4. The van der Waals surface area contributed by atoms with Crippen LogP contribution in [0, 0.1) is 0 Å². The first-order valence-corrected chi connectivity index (χ1v) is 5.88. The molecule has 1 N–H and O–H groups in total. The van der Waals surface area contributed by atoms with Crippen molar-refractivity contribution in [1.82, 2.24) is 15.1 Å². The van der Waals surface area contributed by atoms with Crippen LogP contribution >= 0.6 is 0 Å². The molecular weight excluding hydrogens is 222 g/mol. The molecule has 0 spiro atoms. The molecule has 1 heterocycles. The molecule has 0 aliphatic carbocycles. The maximum absolute atomic E-state index is 11.4. The molecule has 0 aromatic rings. The number of carbonyl (C=O) groups excluding carboxylic acids is 2. The van der Waals surface area contributed by atoms with E-state index in [2.05, 4.69) is 10.2 Å². The Labute approximate surface area is 102 Å². The number of nitrogens with zero attached hydrogens (tertiary/aromatic N) is 2. The Morgan fingerprint density at radius 2 is 1.94 bits per heavy atom. The summed E-state index contributed by atoms with van der Waals surface area (Å²) in [5.74, 6) is -0.501. The first-order chi connectivity index (χ1) is 8.09. The summed E-state index contributed by atoms with van der Waals surface area (Å²) >= 11 is 0. The summed E-state index contributed by atoms with van der Waals surface area (Å²) in [6, 6.07) is 0. The minimum atomic E-state index is -0.307. The van der Waals surface area contributed by atoms with Gasteiger partial charge in [0.15, 0.2) is 6.61 Å². The average Bonchev–Trinajstić information content (AvgIpc) is 2.34. The zero-order valence-electron chi connectivity index (χ0n) is 10.6. The van der Waals surface area contributed by atoms with Crippen LogP contribution in [0.3, 0.4) is 0 Å². The molecule has 1 fully saturated rings. The minimum Gasteiger partial charge on any atom is -0.456 e. The number of carbonyl (C=O) groups is 2. The van der Waals surface area contributed by atoms with Crippen LogP contribution in [0.2, 0.25) is 0 Å². The summed E-state index contributed by atoms with van der Waals surface area (Å²) in [6.45, 7) is 4.40. The van der Waals surface area contributed by atoms with Crippen molar-refractivity contribution < 1.29 is 14.3 Å². The second-order valence-corrected chi connectivity index (χ2v) is 4.29. The molecule has 6 nitrogen and oxygen atoms in total. The molecule has 6 heteroatoms. The van der Waals surface area contributed by atoms with Crippen molar-refractivity contribution in [2.24, 2.45) is 0 Å². The molecular formula is C11H21N3O3. The fourth-order valence-corrected chi connectivity index (χ4v) is 1.53. The van der Waals surface area contributed by atoms with E-state index in [-0.39, 0.29) is 18.5 Å². The summed E-state index contributed by atoms with van der Waals surface area (Å²) in [4.78, 5) is 26.2. The van der Waals surface area contributed by atoms with Gasteiger partial charge in [-0.3, -0.25) is 9.59 Å². The van der Waals surface area contributed by atoms with Gasteiger partial charge in [-0.25, -0.2) is 0 Å². The second kappa shape index (κ2) is 7.24. The van der Waals surface area contributed by atoms with Gasteiger partial charge < -0.3 is 19.9 Å². The predicted molar refractivity (Wildman–Crippen MR) is 63.6 cm³/mol. The van der Waals surface area contributed by atoms with Crippen molar-refractivity contribution in [3.63, 3.8) is 0 Å². The zero-order valence-corrected chi connectivity index (χ0v) is 10.6. The molecule has 1 amide bonds. The lowest BCUT2D eigenvalue weighted by Gasteiger charge is -2.26. The third-order valence-corrected chi connectivity index (χ3v) is 2.70. The number of hydrogen-bond acceptors (Lipinski definition) is 5. The fourth-order valence-electron chi connectivity index (χ4n) is 1.53. The Morgan fingerprint density at radius 3 is 2.53 bits per heavy atom. The Balaban J connectivity index is 2.10. The standard InChI is InChI=1S/C11H21N3O3/c1-13(2)10(15)9-17-11(16)3-6-14-7-4-12-5-8-14/h12H,3-9H2,1-2H3. The molecule has 0 bridgehead atoms. The smallest absolute Gasteiger partial charge is 0.307 e. The van der Waals surface area contributed by atoms with E-state index in [9.17, 15) is 9.59 Å². The highest BCUT2D eigenvalue weighted by molar-refractivity contribution is 5.80. The number of ether oxygens (including phenoxy) is 1. The monoisotopic (exact) mass is 243 g/mol. The van der Waals surface area contributed by atoms with Crippen LogP contribution in [0.5, 0.6) is 0 Å². The molecule has 98 valence electrons. The molecule has 1 rings (SSSR count). The summed E-state index contributed by atoms with van der Waals surface area (Å²) < 4.78 is 4.88. The van der Waals surface area contributed by atoms with E-state index in [1.807, 2.05) is 0 Å². The highest BCUT2D eigenvalue weighted by atomic mass is 16.5. The summed E-state index contributed by atoms with van der Waals surface area (Å²) in [6.07, 6.45) is 0.348. The number of esters is 1. The SMILES string of the molecule is CN(C)C(=O)COC(=O)CCN1CCNCC1. The quantitative estimate of drug-likeness (QED) is 0.622. The van der Waals surface area contributed by atoms with Gasteiger partial charge in [0.25, 0.3) is 5.91 Å². The number of piperazine rings is 1. The Hall–Kier alpha value is -1.14. The van der Waals surface area contributed by atoms with Crippen molar-refractivity contribution in [3.05, 3.63) is 0 Å². The third-order valence-electron chi connectivity index (χ3n) is 2.70. The minimum absolute atomic E-state index is 0.159. The fraction of sp³-hybridized carbons (Fsp3) is 0.818. The van der Waals surface area contributed by atoms with E-state index in [1.165, 1.54) is 4.90 Å². The molecule has 1 aliphatic heterocycles. The number of amides is 1. The average molecular weight is 243 g/mol. The third kappa shape index (κ3) is 5.65. The summed E-state index contributed by atoms with van der Waals surface area (Å²) in [5.41, 5.74) is 0. The Morgan fingerprint density at radius 1 is 1.29 bits per heavy atom. The lowest BCUT2D eigenvalue weighted by molar-refractivity contribution is -0.151. The predicted octanol–water partition coefficient (Wildman–Crippen LogP) is -1.09. The Bertz CT molecular complexity index is 263. The molecule has 0 saturated carbocycles. The molecule has 0 aromatic heterocycles. The summed E-state index contributed by atoms with van der Waals surface area (Å²) in [5, 5.41) is 3.25. The topological polar surface area (TPSA) is 61.9 Å². The van der Waals surface area contributed by atoms with Crippen LogP contribution in [0.1, 0.15) is 6.42 Å². The molecule has 0 unspecified atom stereocenters. The van der Waals surface area contributed by atoms with Crippen molar-refractivity contribution in [2.75, 3.05) is 53.4 Å². The second-order valence-electron chi connectivity index (χ2n) is 4.29. The lowest BCUT2D eigenvalue weighted by atomic mass is 10.3. The van der Waals surface area contributed by atoms with Crippen LogP contribution < -0.4 is 5.32 Å². The van der Waals surface area contributed by atoms with Gasteiger partial charge in [0, 0.05) is 46.8 Å². The van der Waals surface area contributed by atoms with E-state index < -0.39 is 0 Å². The van der Waals surface area contributed by atoms with Crippen molar-refractivity contribution in [2.45, 2.75) is 6.42 Å². The number of rotatable bonds is 5. The van der Waals surface area contributed by atoms with Crippen LogP contribution in [0.15, 0.2) is 0 Å². The molecule has 0 radical (unpaired) electrons. The van der Waals surface area contributed by atoms with E-state index in [0.29, 0.717) is 13.0 Å². The van der Waals surface area contributed by atoms with Gasteiger partial charge in [0.2, 0.25) is 0 Å². The molecule has 17 heavy (non-hydrogen) atoms. The largest absolute Gasteiger partial charge is 0.456 e. The van der Waals surface area contributed by atoms with E-state index in [0.717, 1.165) is 26.2 Å². The van der Waals surface area contributed by atoms with Crippen molar-refractivity contribution >= 4 is 11.9 Å². The summed E-state index contributed by atoms with van der Waals surface area (Å²) in [7, 11) is 3.27. The van der Waals surface area contributed by atoms with E-state index in [4.69, 9.17) is 4.74 Å². The van der Waals surface area contributed by atoms with E-state index >= 15 is 0 Å². The van der Waals surface area contributed by atoms with Gasteiger partial charge in [-0.1, -0.05) is 0 Å². The molecule has 0 atom stereocenters. The first kappa shape index (κ1) is 13.9. The van der Waals surface area contributed by atoms with Crippen molar-refractivity contribution in [3.8, 4) is 0 Å². The van der Waals surface area contributed by atoms with Gasteiger partial charge in [-0.2, -0.15) is 0 Å². The zero-order chi connectivity index (χ0) is 12.7. The maximum Gasteiger partial charge on any atom is 0.307 e. The van der Waals surface area contributed by atoms with Gasteiger partial charge in [0.1, 0.15) is 0 Å². The molecule has 1 aliphatic rings. The number of hydrogen-bond donors (Lipinski definition) is 1. The Kier molecular flexibility index (Phi) is 5.93. The first-order valence-electron chi connectivity index (χ1n) is 5.88. The van der Waals surface area contributed by atoms with E-state index in [1.54, 1.807) is 14.1 Å². The van der Waals surface area contributed by atoms with Crippen LogP contribution in [0.25, 0.3) is 0 Å². The highest BCUT2D eigenvalue weighted by Gasteiger charge is 2.13. The van der Waals surface area contributed by atoms with Gasteiger partial charge >= 0.3 is 5.97 Å². The van der Waals surface area contributed by atoms with Crippen molar-refractivity contribution in [1.29, 1.82) is 0 Å². The number of likely N-dealkylation sites (N-methyl/N-ethyl adjacent to an activating group) is 1. The lowest BCUT2D eigenvalue weighted by Crippen LogP contribution is -2.44. The number of nitrogens with one attached hydrogen (secondary N) is 1. The van der Waals surface area contributed by atoms with Crippen LogP contribution in [0.4, 0.5) is 0 Å². The van der Waals surface area contributed by atoms with Crippen LogP contribution in [-0.2, 0) is 14.3 Å². The van der Waals surface area contributed by atoms with Crippen LogP contribution in [-0.4, -0.2) is 75.1 Å². The molecule has 0 aromatic carbocycles.